The fraction of sp³-hybridized carbons (Fsp3) is 0.758. The monoisotopic (exact) mass is 696 g/mol. The molecule has 2 saturated carbocycles. The Hall–Kier alpha value is -2.96. The van der Waals surface area contributed by atoms with Crippen molar-refractivity contribution in [2.75, 3.05) is 13.2 Å². The van der Waals surface area contributed by atoms with E-state index in [1.54, 1.807) is 20.8 Å². The molecule has 2 bridgehead atoms. The SMILES string of the molecule is C/C(=C\C(=O)O[C@H]1C(=O)O[C@@H]2C[C@H]3[C@H](C)C(=O)C(O[C@@H]4O[C@H](CO)[C@@H](O)[C@H](O)[C@H]4O)=C[C@]3(C)[C@H]3[C@@H](O)[C@H](O)[C@@]4(C(=O)O)OC[C@]32[C@@H]14)C(C)C. The van der Waals surface area contributed by atoms with Crippen molar-refractivity contribution >= 4 is 23.7 Å². The van der Waals surface area contributed by atoms with Gasteiger partial charge in [0, 0.05) is 23.3 Å². The van der Waals surface area contributed by atoms with Gasteiger partial charge >= 0.3 is 17.9 Å². The minimum Gasteiger partial charge on any atom is -0.479 e. The first-order chi connectivity index (χ1) is 22.9. The summed E-state index contributed by atoms with van der Waals surface area (Å²) in [6.45, 7) is 7.47. The maximum atomic E-state index is 13.8. The maximum absolute atomic E-state index is 13.8. The van der Waals surface area contributed by atoms with Crippen LogP contribution >= 0.6 is 0 Å². The van der Waals surface area contributed by atoms with Crippen molar-refractivity contribution in [3.8, 4) is 0 Å². The smallest absolute Gasteiger partial charge is 0.348 e. The van der Waals surface area contributed by atoms with E-state index >= 15 is 0 Å². The zero-order chi connectivity index (χ0) is 36.1. The molecule has 3 aliphatic carbocycles. The molecule has 6 rings (SSSR count). The molecule has 0 amide bonds. The van der Waals surface area contributed by atoms with Crippen LogP contribution in [-0.2, 0) is 42.9 Å². The Morgan fingerprint density at radius 3 is 2.35 bits per heavy atom. The van der Waals surface area contributed by atoms with Gasteiger partial charge in [-0.05, 0) is 36.7 Å². The maximum Gasteiger partial charge on any atom is 0.348 e. The highest BCUT2D eigenvalue weighted by atomic mass is 16.7. The first-order valence-electron chi connectivity index (χ1n) is 16.4. The molecule has 1 spiro atoms. The number of carbonyl (C=O) groups is 4. The molecule has 0 aromatic heterocycles. The van der Waals surface area contributed by atoms with Gasteiger partial charge in [0.2, 0.25) is 18.0 Å². The lowest BCUT2D eigenvalue weighted by Crippen LogP contribution is -2.79. The van der Waals surface area contributed by atoms with E-state index in [2.05, 4.69) is 0 Å². The fourth-order valence-electron chi connectivity index (χ4n) is 9.54. The van der Waals surface area contributed by atoms with E-state index in [9.17, 15) is 54.9 Å². The van der Waals surface area contributed by atoms with Gasteiger partial charge in [-0.1, -0.05) is 33.3 Å². The molecule has 16 nitrogen and oxygen atoms in total. The molecule has 0 aromatic rings. The third kappa shape index (κ3) is 4.86. The molecule has 7 N–H and O–H groups in total. The van der Waals surface area contributed by atoms with Crippen molar-refractivity contribution in [2.24, 2.45) is 40.4 Å². The number of carboxylic acids is 1. The molecular weight excluding hydrogens is 652 g/mol. The summed E-state index contributed by atoms with van der Waals surface area (Å²) >= 11 is 0. The van der Waals surface area contributed by atoms with Crippen LogP contribution in [0.3, 0.4) is 0 Å². The van der Waals surface area contributed by atoms with Gasteiger partial charge in [0.05, 0.1) is 25.2 Å². The summed E-state index contributed by atoms with van der Waals surface area (Å²) in [6, 6.07) is 0. The first-order valence-corrected chi connectivity index (χ1v) is 16.4. The van der Waals surface area contributed by atoms with Gasteiger partial charge in [-0.25, -0.2) is 14.4 Å². The van der Waals surface area contributed by atoms with Crippen LogP contribution in [0.5, 0.6) is 0 Å². The minimum absolute atomic E-state index is 0.000867. The number of hydrogen-bond donors (Lipinski definition) is 7. The number of hydrogen-bond acceptors (Lipinski definition) is 15. The predicted octanol–water partition coefficient (Wildman–Crippen LogP) is -1.82. The van der Waals surface area contributed by atoms with E-state index in [1.165, 1.54) is 12.2 Å². The summed E-state index contributed by atoms with van der Waals surface area (Å²) in [5.41, 5.74) is -4.83. The summed E-state index contributed by atoms with van der Waals surface area (Å²) in [5, 5.41) is 75.0. The number of esters is 2. The molecule has 0 aromatic carbocycles. The predicted molar refractivity (Wildman–Crippen MR) is 159 cm³/mol. The second kappa shape index (κ2) is 12.1. The Morgan fingerprint density at radius 2 is 1.73 bits per heavy atom. The molecule has 49 heavy (non-hydrogen) atoms. The highest BCUT2D eigenvalue weighted by Crippen LogP contribution is 2.72. The standard InChI is InChI=1S/C33H44O16/c1-11(2)12(3)6-18(35)49-24-26-32-10-45-33(26,30(43)44)27(41)23(40)25(32)31(5)8-15(19(36)13(4)14(31)7-17(32)48-28(24)42)46-29-22(39)21(38)20(37)16(9-34)47-29/h6,8,11,13-14,16-17,20-27,29,34,37-41H,7,9-10H2,1-5H3,(H,43,44)/b12-6+/t13-,14-,16+,17+,20+,21-,22+,23+,24+,25+,26+,27-,29+,31-,32+,33-/m0/s1. The van der Waals surface area contributed by atoms with Crippen molar-refractivity contribution < 1.29 is 78.6 Å². The second-order valence-electron chi connectivity index (χ2n) is 14.9. The number of ether oxygens (including phenoxy) is 5. The number of rotatable bonds is 7. The third-order valence-corrected chi connectivity index (χ3v) is 12.2. The lowest BCUT2D eigenvalue weighted by Gasteiger charge is -2.67. The third-order valence-electron chi connectivity index (χ3n) is 12.2. The highest BCUT2D eigenvalue weighted by Gasteiger charge is 2.85. The summed E-state index contributed by atoms with van der Waals surface area (Å²) < 4.78 is 28.8. The van der Waals surface area contributed by atoms with Crippen LogP contribution < -0.4 is 0 Å². The van der Waals surface area contributed by atoms with Crippen LogP contribution in [0.2, 0.25) is 0 Å². The van der Waals surface area contributed by atoms with Gasteiger partial charge in [0.25, 0.3) is 0 Å². The molecule has 3 heterocycles. The number of aliphatic hydroxyl groups excluding tert-OH is 6. The number of aliphatic hydroxyl groups is 6. The quantitative estimate of drug-likeness (QED) is 0.114. The van der Waals surface area contributed by atoms with Gasteiger partial charge in [-0.2, -0.15) is 0 Å². The first kappa shape index (κ1) is 35.9. The molecule has 3 aliphatic heterocycles. The molecule has 3 saturated heterocycles. The Bertz CT molecular complexity index is 1470. The number of fused-ring (bicyclic) bond motifs is 2. The lowest BCUT2D eigenvalue weighted by atomic mass is 9.38. The molecule has 16 atom stereocenters. The van der Waals surface area contributed by atoms with E-state index < -0.39 is 132 Å². The molecule has 5 fully saturated rings. The van der Waals surface area contributed by atoms with Crippen molar-refractivity contribution in [3.05, 3.63) is 23.5 Å². The molecule has 272 valence electrons. The number of carbonyl (C=O) groups excluding carboxylic acids is 3. The molecule has 6 aliphatic rings. The van der Waals surface area contributed by atoms with Gasteiger partial charge in [-0.3, -0.25) is 4.79 Å². The molecular formula is C33H44O16. The van der Waals surface area contributed by atoms with Gasteiger partial charge < -0.3 is 59.4 Å². The molecule has 16 heteroatoms. The summed E-state index contributed by atoms with van der Waals surface area (Å²) in [7, 11) is 0. The molecule has 0 unspecified atom stereocenters. The highest BCUT2D eigenvalue weighted by molar-refractivity contribution is 5.97. The number of Topliss-reactive ketones (excluding diaryl/α,β-unsaturated/α-hetero) is 1. The van der Waals surface area contributed by atoms with Gasteiger partial charge in [0.1, 0.15) is 36.6 Å². The van der Waals surface area contributed by atoms with E-state index in [1.807, 2.05) is 13.8 Å². The lowest BCUT2D eigenvalue weighted by molar-refractivity contribution is -0.296. The van der Waals surface area contributed by atoms with Gasteiger partial charge in [0.15, 0.2) is 11.5 Å². The number of ketones is 1. The average Bonchev–Trinajstić information content (AvgIpc) is 3.35. The number of carboxylic acid groups (broad SMARTS) is 1. The van der Waals surface area contributed by atoms with Crippen LogP contribution in [-0.4, -0.2) is 133 Å². The Balaban J connectivity index is 1.46. The Kier molecular flexibility index (Phi) is 8.84. The number of aliphatic carboxylic acids is 1. The minimum atomic E-state index is -2.58. The van der Waals surface area contributed by atoms with Crippen molar-refractivity contribution in [3.63, 3.8) is 0 Å². The van der Waals surface area contributed by atoms with Crippen LogP contribution in [0.1, 0.15) is 41.0 Å². The summed E-state index contributed by atoms with van der Waals surface area (Å²) in [6.07, 6.45) is -12.7. The fourth-order valence-corrected chi connectivity index (χ4v) is 9.54. The van der Waals surface area contributed by atoms with Gasteiger partial charge in [-0.15, -0.1) is 0 Å². The summed E-state index contributed by atoms with van der Waals surface area (Å²) in [4.78, 5) is 53.6. The second-order valence-corrected chi connectivity index (χ2v) is 14.9. The zero-order valence-electron chi connectivity index (χ0n) is 27.7. The van der Waals surface area contributed by atoms with E-state index in [-0.39, 0.29) is 18.1 Å². The normalized spacial score (nSPS) is 49.0. The molecule has 0 radical (unpaired) electrons. The van der Waals surface area contributed by atoms with E-state index in [0.29, 0.717) is 5.57 Å². The number of allylic oxidation sites excluding steroid dienone is 3. The van der Waals surface area contributed by atoms with Crippen molar-refractivity contribution in [1.29, 1.82) is 0 Å². The largest absolute Gasteiger partial charge is 0.479 e. The zero-order valence-corrected chi connectivity index (χ0v) is 27.7. The average molecular weight is 697 g/mol. The van der Waals surface area contributed by atoms with Crippen LogP contribution in [0.25, 0.3) is 0 Å². The summed E-state index contributed by atoms with van der Waals surface area (Å²) in [5.74, 6) is -8.89. The van der Waals surface area contributed by atoms with Crippen LogP contribution in [0.4, 0.5) is 0 Å². The van der Waals surface area contributed by atoms with E-state index in [0.717, 1.165) is 0 Å². The topological polar surface area (TPSA) is 256 Å². The van der Waals surface area contributed by atoms with Crippen molar-refractivity contribution in [1.82, 2.24) is 0 Å². The van der Waals surface area contributed by atoms with Crippen molar-refractivity contribution in [2.45, 2.75) is 102 Å². The Labute approximate surface area is 281 Å². The Morgan fingerprint density at radius 1 is 1.06 bits per heavy atom. The van der Waals surface area contributed by atoms with Crippen LogP contribution in [0, 0.1) is 40.4 Å². The van der Waals surface area contributed by atoms with Crippen LogP contribution in [0.15, 0.2) is 23.5 Å². The van der Waals surface area contributed by atoms with E-state index in [4.69, 9.17) is 23.7 Å².